The van der Waals surface area contributed by atoms with Gasteiger partial charge in [-0.1, -0.05) is 27.7 Å². The molecule has 3 fully saturated rings. The van der Waals surface area contributed by atoms with E-state index in [4.69, 9.17) is 28.4 Å². The van der Waals surface area contributed by atoms with Crippen molar-refractivity contribution in [1.29, 1.82) is 0 Å². The van der Waals surface area contributed by atoms with Gasteiger partial charge in [0, 0.05) is 30.9 Å². The second-order valence-electron chi connectivity index (χ2n) is 14.6. The van der Waals surface area contributed by atoms with Gasteiger partial charge in [-0.3, -0.25) is 14.4 Å². The zero-order chi connectivity index (χ0) is 36.3. The van der Waals surface area contributed by atoms with Crippen molar-refractivity contribution in [3.05, 3.63) is 12.3 Å². The molecular formula is C35H58N2O11. The summed E-state index contributed by atoms with van der Waals surface area (Å²) in [6.07, 6.45) is -1.91. The molecule has 48 heavy (non-hydrogen) atoms. The van der Waals surface area contributed by atoms with Gasteiger partial charge in [0.15, 0.2) is 23.8 Å². The second-order valence-corrected chi connectivity index (χ2v) is 14.6. The van der Waals surface area contributed by atoms with E-state index >= 15 is 0 Å². The number of carbonyl (C=O) groups is 4. The van der Waals surface area contributed by atoms with E-state index in [-0.39, 0.29) is 30.1 Å². The first-order valence-corrected chi connectivity index (χ1v) is 17.1. The van der Waals surface area contributed by atoms with Crippen molar-refractivity contribution in [2.45, 2.75) is 142 Å². The number of ether oxygens (including phenoxy) is 6. The number of carbonyl (C=O) groups excluding carboxylic acids is 4. The monoisotopic (exact) mass is 682 g/mol. The van der Waals surface area contributed by atoms with Crippen molar-refractivity contribution in [2.24, 2.45) is 23.7 Å². The maximum absolute atomic E-state index is 14.1. The van der Waals surface area contributed by atoms with Crippen LogP contribution >= 0.6 is 0 Å². The van der Waals surface area contributed by atoms with Crippen LogP contribution in [0.25, 0.3) is 0 Å². The number of methoxy groups -OCH3 is 1. The lowest BCUT2D eigenvalue weighted by Crippen LogP contribution is -2.60. The number of aliphatic hydroxyl groups excluding tert-OH is 1. The number of hydrogen-bond donors (Lipinski definition) is 2. The molecule has 3 aliphatic heterocycles. The third-order valence-electron chi connectivity index (χ3n) is 10.7. The number of nitrogens with zero attached hydrogens (tertiary/aromatic N) is 1. The predicted octanol–water partition coefficient (Wildman–Crippen LogP) is 3.40. The molecule has 0 radical (unpaired) electrons. The minimum atomic E-state index is -1.32. The molecule has 2 N–H and O–H groups in total. The fourth-order valence-corrected chi connectivity index (χ4v) is 7.70. The van der Waals surface area contributed by atoms with E-state index < -0.39 is 83.7 Å². The van der Waals surface area contributed by atoms with Crippen molar-refractivity contribution in [1.82, 2.24) is 10.2 Å². The molecule has 13 heteroatoms. The van der Waals surface area contributed by atoms with Crippen LogP contribution in [0.4, 0.5) is 4.79 Å². The first-order valence-electron chi connectivity index (χ1n) is 17.1. The molecule has 3 rings (SSSR count). The fourth-order valence-electron chi connectivity index (χ4n) is 7.70. The molecule has 274 valence electrons. The van der Waals surface area contributed by atoms with Crippen molar-refractivity contribution >= 4 is 23.6 Å². The molecule has 14 atom stereocenters. The number of ketones is 2. The Hall–Kier alpha value is -2.58. The number of aliphatic hydroxyl groups is 1. The van der Waals surface area contributed by atoms with Crippen molar-refractivity contribution in [3.63, 3.8) is 0 Å². The van der Waals surface area contributed by atoms with Crippen molar-refractivity contribution < 1.29 is 52.7 Å². The van der Waals surface area contributed by atoms with Crippen molar-refractivity contribution in [3.8, 4) is 0 Å². The molecular weight excluding hydrogens is 624 g/mol. The largest absolute Gasteiger partial charge is 0.491 e. The molecule has 0 unspecified atom stereocenters. The van der Waals surface area contributed by atoms with Gasteiger partial charge in [-0.25, -0.2) is 4.79 Å². The van der Waals surface area contributed by atoms with Crippen LogP contribution in [0, 0.1) is 23.7 Å². The molecule has 0 aromatic carbocycles. The summed E-state index contributed by atoms with van der Waals surface area (Å²) in [5, 5.41) is 14.6. The van der Waals surface area contributed by atoms with E-state index in [1.165, 1.54) is 26.4 Å². The van der Waals surface area contributed by atoms with E-state index in [9.17, 15) is 24.3 Å². The zero-order valence-corrected chi connectivity index (χ0v) is 30.7. The Balaban J connectivity index is 2.12. The summed E-state index contributed by atoms with van der Waals surface area (Å²) in [5.74, 6) is -4.07. The average Bonchev–Trinajstić information content (AvgIpc) is 3.34. The summed E-state index contributed by atoms with van der Waals surface area (Å²) in [4.78, 5) is 54.0. The average molecular weight is 683 g/mol. The Labute approximate surface area is 285 Å². The standard InChI is InChI=1S/C35H58N2O11/c1-13-25-35(9)29(36-33(42)48-35)21(5)26(39)18(2)17-34(8,43-12)30(22(6)27(40)23(7)31(41)46-25)47-32-28(44-15-14-19(3)38)24(37(10)11)16-20(4)45-32/h14-15,18,20-25,27-30,32,40H,13,16-17H2,1-12H3,(H,36,42)/t18-,20-,21+,22+,23-,24+,25-,27+,28-,29-,30-,32+,34+,35-/m1/s1. The molecule has 0 saturated carbocycles. The summed E-state index contributed by atoms with van der Waals surface area (Å²) in [6, 6.07) is -0.941. The highest BCUT2D eigenvalue weighted by atomic mass is 16.7. The Morgan fingerprint density at radius 2 is 1.75 bits per heavy atom. The lowest BCUT2D eigenvalue weighted by atomic mass is 9.73. The first-order chi connectivity index (χ1) is 22.3. The summed E-state index contributed by atoms with van der Waals surface area (Å²) in [7, 11) is 5.36. The second kappa shape index (κ2) is 16.0. The van der Waals surface area contributed by atoms with E-state index in [0.29, 0.717) is 12.8 Å². The molecule has 3 saturated heterocycles. The molecule has 0 aliphatic carbocycles. The number of likely N-dealkylation sites (N-methyl/N-ethyl adjacent to an activating group) is 1. The zero-order valence-electron chi connectivity index (χ0n) is 30.7. The number of cyclic esters (lactones) is 1. The number of esters is 1. The van der Waals surface area contributed by atoms with Gasteiger partial charge in [-0.15, -0.1) is 0 Å². The van der Waals surface area contributed by atoms with Gasteiger partial charge in [-0.05, 0) is 68.0 Å². The third kappa shape index (κ3) is 8.40. The fraction of sp³-hybridized carbons (Fsp3) is 0.829. The number of alkyl carbamates (subject to hydrolysis) is 1. The summed E-state index contributed by atoms with van der Waals surface area (Å²) in [5.41, 5.74) is -2.51. The van der Waals surface area contributed by atoms with Crippen LogP contribution < -0.4 is 5.32 Å². The number of Topliss-reactive ketones (excluding diaryl/α,β-unsaturated/α-hetero) is 1. The highest BCUT2D eigenvalue weighted by Gasteiger charge is 2.57. The van der Waals surface area contributed by atoms with Crippen LogP contribution in [0.2, 0.25) is 0 Å². The molecule has 0 spiro atoms. The van der Waals surface area contributed by atoms with Crippen LogP contribution in [0.1, 0.15) is 81.6 Å². The summed E-state index contributed by atoms with van der Waals surface area (Å²) >= 11 is 0. The Morgan fingerprint density at radius 1 is 1.10 bits per heavy atom. The van der Waals surface area contributed by atoms with Gasteiger partial charge >= 0.3 is 12.1 Å². The Kier molecular flexibility index (Phi) is 13.3. The maximum atomic E-state index is 14.1. The van der Waals surface area contributed by atoms with E-state index in [1.807, 2.05) is 32.8 Å². The van der Waals surface area contributed by atoms with Gasteiger partial charge in [0.25, 0.3) is 0 Å². The minimum absolute atomic E-state index is 0.148. The van der Waals surface area contributed by atoms with Crippen molar-refractivity contribution in [2.75, 3.05) is 21.2 Å². The Morgan fingerprint density at radius 3 is 2.31 bits per heavy atom. The maximum Gasteiger partial charge on any atom is 0.408 e. The molecule has 3 aliphatic rings. The molecule has 13 nitrogen and oxygen atoms in total. The Bertz CT molecular complexity index is 1200. The van der Waals surface area contributed by atoms with Crippen LogP contribution in [-0.2, 0) is 42.8 Å². The van der Waals surface area contributed by atoms with Crippen LogP contribution in [0.5, 0.6) is 0 Å². The summed E-state index contributed by atoms with van der Waals surface area (Å²) in [6.45, 7) is 15.5. The molecule has 1 amide bonds. The number of amides is 1. The predicted molar refractivity (Wildman–Crippen MR) is 176 cm³/mol. The number of allylic oxidation sites excluding steroid dienone is 1. The minimum Gasteiger partial charge on any atom is -0.491 e. The van der Waals surface area contributed by atoms with Gasteiger partial charge in [0.2, 0.25) is 0 Å². The first kappa shape index (κ1) is 39.9. The highest BCUT2D eigenvalue weighted by molar-refractivity contribution is 5.87. The highest BCUT2D eigenvalue weighted by Crippen LogP contribution is 2.41. The van der Waals surface area contributed by atoms with Gasteiger partial charge in [0.05, 0.1) is 48.2 Å². The lowest BCUT2D eigenvalue weighted by molar-refractivity contribution is -0.302. The number of rotatable bonds is 8. The number of hydrogen-bond acceptors (Lipinski definition) is 12. The number of fused-ring (bicyclic) bond motifs is 1. The van der Waals surface area contributed by atoms with Gasteiger partial charge in [0.1, 0.15) is 11.9 Å². The summed E-state index contributed by atoms with van der Waals surface area (Å²) < 4.78 is 37.1. The molecule has 0 aromatic rings. The number of nitrogens with one attached hydrogen (secondary N) is 1. The molecule has 3 heterocycles. The van der Waals surface area contributed by atoms with E-state index in [2.05, 4.69) is 5.32 Å². The lowest BCUT2D eigenvalue weighted by Gasteiger charge is -2.48. The normalized spacial score (nSPS) is 43.2. The third-order valence-corrected chi connectivity index (χ3v) is 10.7. The van der Waals surface area contributed by atoms with Crippen LogP contribution in [-0.4, -0.2) is 115 Å². The smallest absolute Gasteiger partial charge is 0.408 e. The van der Waals surface area contributed by atoms with Gasteiger partial charge in [-0.2, -0.15) is 0 Å². The van der Waals surface area contributed by atoms with E-state index in [1.54, 1.807) is 41.5 Å². The molecule has 0 bridgehead atoms. The van der Waals surface area contributed by atoms with E-state index in [0.717, 1.165) is 0 Å². The van der Waals surface area contributed by atoms with Crippen LogP contribution in [0.3, 0.4) is 0 Å². The quantitative estimate of drug-likeness (QED) is 0.219. The SMILES string of the molecule is CC[C@H]1OC(=O)[C@H](C)[C@@H](O)[C@H](C)[C@@H](O[C@@H]2O[C@H](C)C[C@H](N(C)C)[C@H]2OC=CC(C)=O)[C@@](C)(OC)C[C@@H](C)C(=O)[C@H](C)[C@H]2NC(=O)O[C@@]21C. The van der Waals surface area contributed by atoms with Crippen LogP contribution in [0.15, 0.2) is 12.3 Å². The molecule has 0 aromatic heterocycles. The van der Waals surface area contributed by atoms with Gasteiger partial charge < -0.3 is 43.7 Å². The topological polar surface area (TPSA) is 159 Å².